The second-order valence-electron chi connectivity index (χ2n) is 3.87. The van der Waals surface area contributed by atoms with Gasteiger partial charge in [0, 0.05) is 18.3 Å². The van der Waals surface area contributed by atoms with E-state index < -0.39 is 0 Å². The Bertz CT molecular complexity index is 248. The molecule has 0 aromatic heterocycles. The van der Waals surface area contributed by atoms with Crippen LogP contribution in [-0.4, -0.2) is 24.6 Å². The van der Waals surface area contributed by atoms with Crippen LogP contribution in [0, 0.1) is 0 Å². The van der Waals surface area contributed by atoms with Crippen LogP contribution in [0.1, 0.15) is 18.9 Å². The Labute approximate surface area is 97.7 Å². The van der Waals surface area contributed by atoms with Crippen molar-refractivity contribution in [2.24, 2.45) is 0 Å². The number of hydrogen-bond donors (Lipinski definition) is 1. The third-order valence-corrected chi connectivity index (χ3v) is 3.12. The van der Waals surface area contributed by atoms with E-state index in [2.05, 4.69) is 48.8 Å². The molecule has 0 heterocycles. The molecule has 1 atom stereocenters. The zero-order valence-electron chi connectivity index (χ0n) is 9.70. The normalized spacial score (nSPS) is 12.7. The summed E-state index contributed by atoms with van der Waals surface area (Å²) in [5, 5.41) is 3.53. The minimum absolute atomic E-state index is 0.623. The third kappa shape index (κ3) is 5.85. The van der Waals surface area contributed by atoms with Gasteiger partial charge >= 0.3 is 0 Å². The van der Waals surface area contributed by atoms with E-state index in [4.69, 9.17) is 0 Å². The topological polar surface area (TPSA) is 12.0 Å². The molecule has 0 saturated carbocycles. The fourth-order valence-corrected chi connectivity index (χ4v) is 1.86. The van der Waals surface area contributed by atoms with E-state index >= 15 is 0 Å². The van der Waals surface area contributed by atoms with E-state index in [0.29, 0.717) is 6.04 Å². The summed E-state index contributed by atoms with van der Waals surface area (Å²) in [6, 6.07) is 11.3. The predicted octanol–water partition coefficient (Wildman–Crippen LogP) is 2.96. The Morgan fingerprint density at radius 3 is 2.67 bits per heavy atom. The fourth-order valence-electron chi connectivity index (χ4n) is 1.54. The molecule has 0 saturated heterocycles. The lowest BCUT2D eigenvalue weighted by Crippen LogP contribution is -2.28. The molecule has 1 aromatic rings. The van der Waals surface area contributed by atoms with Crippen molar-refractivity contribution in [3.8, 4) is 0 Å². The third-order valence-electron chi connectivity index (χ3n) is 2.51. The summed E-state index contributed by atoms with van der Waals surface area (Å²) < 4.78 is 0. The molecule has 0 radical (unpaired) electrons. The van der Waals surface area contributed by atoms with E-state index in [9.17, 15) is 0 Å². The number of aryl methyl sites for hydroxylation is 1. The van der Waals surface area contributed by atoms with E-state index in [0.717, 1.165) is 6.54 Å². The van der Waals surface area contributed by atoms with Gasteiger partial charge in [-0.3, -0.25) is 0 Å². The van der Waals surface area contributed by atoms with E-state index in [1.165, 1.54) is 24.2 Å². The molecule has 2 heteroatoms. The minimum Gasteiger partial charge on any atom is -0.313 e. The molecule has 1 rings (SSSR count). The number of nitrogens with one attached hydrogen (secondary N) is 1. The van der Waals surface area contributed by atoms with Crippen molar-refractivity contribution < 1.29 is 0 Å². The zero-order chi connectivity index (χ0) is 10.9. The molecule has 1 unspecified atom stereocenters. The second kappa shape index (κ2) is 7.77. The van der Waals surface area contributed by atoms with Gasteiger partial charge in [-0.15, -0.1) is 0 Å². The van der Waals surface area contributed by atoms with Gasteiger partial charge in [-0.05, 0) is 31.6 Å². The first-order valence-electron chi connectivity index (χ1n) is 5.59. The number of thioether (sulfide) groups is 1. The smallest absolute Gasteiger partial charge is 0.00554 e. The lowest BCUT2D eigenvalue weighted by molar-refractivity contribution is 0.533. The van der Waals surface area contributed by atoms with Crippen LogP contribution < -0.4 is 5.32 Å². The van der Waals surface area contributed by atoms with Crippen LogP contribution in [-0.2, 0) is 6.42 Å². The lowest BCUT2D eigenvalue weighted by atomic mass is 10.1. The van der Waals surface area contributed by atoms with Gasteiger partial charge < -0.3 is 5.32 Å². The monoisotopic (exact) mass is 223 g/mol. The van der Waals surface area contributed by atoms with Crippen molar-refractivity contribution in [1.82, 2.24) is 5.32 Å². The van der Waals surface area contributed by atoms with Crippen molar-refractivity contribution in [3.63, 3.8) is 0 Å². The molecule has 15 heavy (non-hydrogen) atoms. The highest BCUT2D eigenvalue weighted by atomic mass is 32.2. The van der Waals surface area contributed by atoms with Crippen LogP contribution in [0.25, 0.3) is 0 Å². The second-order valence-corrected chi connectivity index (χ2v) is 4.86. The quantitative estimate of drug-likeness (QED) is 0.713. The number of rotatable bonds is 7. The first-order chi connectivity index (χ1) is 7.33. The molecular weight excluding hydrogens is 202 g/mol. The summed E-state index contributed by atoms with van der Waals surface area (Å²) in [5.41, 5.74) is 1.44. The summed E-state index contributed by atoms with van der Waals surface area (Å²) in [7, 11) is 0. The van der Waals surface area contributed by atoms with Crippen molar-refractivity contribution in [2.45, 2.75) is 25.8 Å². The SMILES string of the molecule is CSCCNC(C)CCc1ccccc1. The largest absolute Gasteiger partial charge is 0.313 e. The molecule has 0 bridgehead atoms. The fraction of sp³-hybridized carbons (Fsp3) is 0.538. The van der Waals surface area contributed by atoms with Crippen molar-refractivity contribution in [2.75, 3.05) is 18.6 Å². The molecule has 0 fully saturated rings. The van der Waals surface area contributed by atoms with Gasteiger partial charge in [0.1, 0.15) is 0 Å². The molecule has 1 aromatic carbocycles. The lowest BCUT2D eigenvalue weighted by Gasteiger charge is -2.13. The first kappa shape index (κ1) is 12.6. The number of hydrogen-bond acceptors (Lipinski definition) is 2. The summed E-state index contributed by atoms with van der Waals surface area (Å²) in [6.45, 7) is 3.39. The Balaban J connectivity index is 2.14. The molecule has 84 valence electrons. The maximum Gasteiger partial charge on any atom is 0.00554 e. The van der Waals surface area contributed by atoms with Crippen LogP contribution in [0.5, 0.6) is 0 Å². The van der Waals surface area contributed by atoms with Gasteiger partial charge in [-0.1, -0.05) is 30.3 Å². The first-order valence-corrected chi connectivity index (χ1v) is 6.98. The Morgan fingerprint density at radius 1 is 1.27 bits per heavy atom. The average Bonchev–Trinajstić information content (AvgIpc) is 2.28. The maximum absolute atomic E-state index is 3.53. The van der Waals surface area contributed by atoms with Crippen LogP contribution in [0.3, 0.4) is 0 Å². The molecule has 0 aliphatic heterocycles. The minimum atomic E-state index is 0.623. The highest BCUT2D eigenvalue weighted by Gasteiger charge is 2.00. The van der Waals surface area contributed by atoms with Gasteiger partial charge in [-0.25, -0.2) is 0 Å². The molecule has 0 aliphatic rings. The molecule has 0 amide bonds. The maximum atomic E-state index is 3.53. The van der Waals surface area contributed by atoms with E-state index in [1.807, 2.05) is 11.8 Å². The Hall–Kier alpha value is -0.470. The van der Waals surface area contributed by atoms with Crippen LogP contribution >= 0.6 is 11.8 Å². The van der Waals surface area contributed by atoms with Gasteiger partial charge in [0.05, 0.1) is 0 Å². The van der Waals surface area contributed by atoms with Crippen LogP contribution in [0.4, 0.5) is 0 Å². The number of benzene rings is 1. The zero-order valence-corrected chi connectivity index (χ0v) is 10.5. The van der Waals surface area contributed by atoms with Gasteiger partial charge in [0.2, 0.25) is 0 Å². The highest BCUT2D eigenvalue weighted by Crippen LogP contribution is 2.04. The van der Waals surface area contributed by atoms with Crippen LogP contribution in [0.2, 0.25) is 0 Å². The highest BCUT2D eigenvalue weighted by molar-refractivity contribution is 7.98. The van der Waals surface area contributed by atoms with Gasteiger partial charge in [0.25, 0.3) is 0 Å². The van der Waals surface area contributed by atoms with Crippen LogP contribution in [0.15, 0.2) is 30.3 Å². The molecular formula is C13H21NS. The van der Waals surface area contributed by atoms with Crippen molar-refractivity contribution >= 4 is 11.8 Å². The Kier molecular flexibility index (Phi) is 6.53. The summed E-state index contributed by atoms with van der Waals surface area (Å²) >= 11 is 1.90. The Morgan fingerprint density at radius 2 is 2.00 bits per heavy atom. The molecule has 1 N–H and O–H groups in total. The molecule has 0 spiro atoms. The van der Waals surface area contributed by atoms with E-state index in [-0.39, 0.29) is 0 Å². The summed E-state index contributed by atoms with van der Waals surface area (Å²) in [4.78, 5) is 0. The van der Waals surface area contributed by atoms with Gasteiger partial charge in [-0.2, -0.15) is 11.8 Å². The summed E-state index contributed by atoms with van der Waals surface area (Å²) in [6.07, 6.45) is 4.54. The summed E-state index contributed by atoms with van der Waals surface area (Å²) in [5.74, 6) is 1.20. The van der Waals surface area contributed by atoms with Gasteiger partial charge in [0.15, 0.2) is 0 Å². The van der Waals surface area contributed by atoms with Crippen molar-refractivity contribution in [3.05, 3.63) is 35.9 Å². The van der Waals surface area contributed by atoms with E-state index in [1.54, 1.807) is 0 Å². The van der Waals surface area contributed by atoms with Crippen molar-refractivity contribution in [1.29, 1.82) is 0 Å². The average molecular weight is 223 g/mol. The standard InChI is InChI=1S/C13H21NS/c1-12(14-10-11-15-2)8-9-13-6-4-3-5-7-13/h3-7,12,14H,8-11H2,1-2H3. The predicted molar refractivity (Wildman–Crippen MR) is 70.6 cm³/mol. The molecule has 0 aliphatic carbocycles. The molecule has 1 nitrogen and oxygen atoms in total.